The first kappa shape index (κ1) is 14.4. The summed E-state index contributed by atoms with van der Waals surface area (Å²) in [6.07, 6.45) is 0. The summed E-state index contributed by atoms with van der Waals surface area (Å²) in [5.74, 6) is 0. The molecule has 2 nitrogen and oxygen atoms in total. The van der Waals surface area contributed by atoms with E-state index in [1.54, 1.807) is 6.07 Å². The summed E-state index contributed by atoms with van der Waals surface area (Å²) in [7, 11) is 0. The molecule has 21 heavy (non-hydrogen) atoms. The first-order valence-electron chi connectivity index (χ1n) is 6.39. The quantitative estimate of drug-likeness (QED) is 0.551. The van der Waals surface area contributed by atoms with Gasteiger partial charge in [-0.2, -0.15) is 0 Å². The molecule has 0 fully saturated rings. The number of halogens is 2. The minimum absolute atomic E-state index is 0.514. The van der Waals surface area contributed by atoms with E-state index in [-0.39, 0.29) is 0 Å². The molecular formula is C16H12Cl2N2S. The van der Waals surface area contributed by atoms with Crippen molar-refractivity contribution in [2.75, 3.05) is 0 Å². The van der Waals surface area contributed by atoms with Gasteiger partial charge in [0.2, 0.25) is 0 Å². The summed E-state index contributed by atoms with van der Waals surface area (Å²) in [6.45, 7) is 2.06. The molecule has 5 heteroatoms. The van der Waals surface area contributed by atoms with Crippen LogP contribution in [0.3, 0.4) is 0 Å². The van der Waals surface area contributed by atoms with Gasteiger partial charge in [-0.05, 0) is 24.6 Å². The van der Waals surface area contributed by atoms with E-state index in [0.717, 1.165) is 22.4 Å². The maximum atomic E-state index is 6.12. The van der Waals surface area contributed by atoms with Crippen LogP contribution in [-0.2, 0) is 0 Å². The molecular weight excluding hydrogens is 323 g/mol. The second kappa shape index (κ2) is 5.68. The predicted octanol–water partition coefficient (Wildman–Crippen LogP) is 6.02. The Morgan fingerprint density at radius 3 is 2.19 bits per heavy atom. The van der Waals surface area contributed by atoms with Crippen molar-refractivity contribution in [1.82, 2.24) is 10.2 Å². The van der Waals surface area contributed by atoms with Gasteiger partial charge in [0, 0.05) is 11.1 Å². The first-order chi connectivity index (χ1) is 10.1. The van der Waals surface area contributed by atoms with Crippen molar-refractivity contribution in [1.29, 1.82) is 0 Å². The predicted molar refractivity (Wildman–Crippen MR) is 91.6 cm³/mol. The maximum Gasteiger partial charge on any atom is 0.127 e. The molecule has 0 spiro atoms. The van der Waals surface area contributed by atoms with E-state index < -0.39 is 0 Å². The number of hydrogen-bond donors (Lipinski definition) is 2. The van der Waals surface area contributed by atoms with Crippen LogP contribution in [0.2, 0.25) is 10.0 Å². The molecule has 2 aromatic carbocycles. The van der Waals surface area contributed by atoms with Crippen LogP contribution in [0, 0.1) is 11.6 Å². The topological polar surface area (TPSA) is 31.6 Å². The standard InChI is InChI=1S/C16H12Cl2N2S/c1-9-2-4-10(5-3-9)15-14(16(21)20-19-15)11-6-7-12(17)13(18)8-11/h2-8H,1H3,(H2,19,20,21). The molecule has 0 unspecified atom stereocenters. The summed E-state index contributed by atoms with van der Waals surface area (Å²) in [5.41, 5.74) is 5.08. The fraction of sp³-hybridized carbons (Fsp3) is 0.0625. The fourth-order valence-corrected chi connectivity index (χ4v) is 2.79. The lowest BCUT2D eigenvalue weighted by atomic mass is 10.0. The Morgan fingerprint density at radius 2 is 1.52 bits per heavy atom. The molecule has 0 radical (unpaired) electrons. The SMILES string of the molecule is Cc1ccc(-c2[nH][nH]c(=S)c2-c2ccc(Cl)c(Cl)c2)cc1. The van der Waals surface area contributed by atoms with Gasteiger partial charge in [0.25, 0.3) is 0 Å². The molecule has 2 N–H and O–H groups in total. The molecule has 1 aromatic heterocycles. The average Bonchev–Trinajstić information content (AvgIpc) is 2.85. The smallest absolute Gasteiger partial charge is 0.127 e. The normalized spacial score (nSPS) is 10.8. The highest BCUT2D eigenvalue weighted by Gasteiger charge is 2.13. The number of aromatic nitrogens is 2. The molecule has 106 valence electrons. The van der Waals surface area contributed by atoms with Crippen LogP contribution in [0.1, 0.15) is 5.56 Å². The first-order valence-corrected chi connectivity index (χ1v) is 7.56. The van der Waals surface area contributed by atoms with Gasteiger partial charge >= 0.3 is 0 Å². The summed E-state index contributed by atoms with van der Waals surface area (Å²) in [5, 5.41) is 7.18. The van der Waals surface area contributed by atoms with E-state index in [4.69, 9.17) is 35.4 Å². The fourth-order valence-electron chi connectivity index (χ4n) is 2.22. The highest BCUT2D eigenvalue weighted by atomic mass is 35.5. The zero-order valence-electron chi connectivity index (χ0n) is 11.2. The Hall–Kier alpha value is -1.55. The number of benzene rings is 2. The Balaban J connectivity index is 2.19. The van der Waals surface area contributed by atoms with E-state index in [9.17, 15) is 0 Å². The van der Waals surface area contributed by atoms with Gasteiger partial charge in [-0.1, -0.05) is 71.3 Å². The van der Waals surface area contributed by atoms with Crippen molar-refractivity contribution in [3.8, 4) is 22.4 Å². The van der Waals surface area contributed by atoms with Crippen molar-refractivity contribution in [3.05, 3.63) is 62.7 Å². The van der Waals surface area contributed by atoms with Crippen molar-refractivity contribution < 1.29 is 0 Å². The van der Waals surface area contributed by atoms with Crippen LogP contribution in [0.25, 0.3) is 22.4 Å². The van der Waals surface area contributed by atoms with E-state index in [2.05, 4.69) is 41.4 Å². The third-order valence-corrected chi connectivity index (χ3v) is 4.37. The summed E-state index contributed by atoms with van der Waals surface area (Å²) in [4.78, 5) is 0. The van der Waals surface area contributed by atoms with Crippen LogP contribution in [0.15, 0.2) is 42.5 Å². The van der Waals surface area contributed by atoms with Gasteiger partial charge in [0.1, 0.15) is 4.64 Å². The lowest BCUT2D eigenvalue weighted by molar-refractivity contribution is 1.08. The van der Waals surface area contributed by atoms with Crippen LogP contribution in [-0.4, -0.2) is 10.2 Å². The Morgan fingerprint density at radius 1 is 0.857 bits per heavy atom. The zero-order chi connectivity index (χ0) is 15.0. The molecule has 1 heterocycles. The van der Waals surface area contributed by atoms with E-state index in [1.165, 1.54) is 5.56 Å². The van der Waals surface area contributed by atoms with Crippen LogP contribution >= 0.6 is 35.4 Å². The molecule has 0 amide bonds. The highest BCUT2D eigenvalue weighted by Crippen LogP contribution is 2.34. The number of aromatic amines is 2. The van der Waals surface area contributed by atoms with Crippen molar-refractivity contribution >= 4 is 35.4 Å². The molecule has 3 aromatic rings. The molecule has 0 aliphatic rings. The highest BCUT2D eigenvalue weighted by molar-refractivity contribution is 7.71. The van der Waals surface area contributed by atoms with Crippen molar-refractivity contribution in [2.24, 2.45) is 0 Å². The zero-order valence-corrected chi connectivity index (χ0v) is 13.5. The molecule has 0 aliphatic carbocycles. The average molecular weight is 335 g/mol. The monoisotopic (exact) mass is 334 g/mol. The molecule has 0 saturated carbocycles. The van der Waals surface area contributed by atoms with Crippen molar-refractivity contribution in [2.45, 2.75) is 6.92 Å². The van der Waals surface area contributed by atoms with Gasteiger partial charge in [-0.25, -0.2) is 0 Å². The van der Waals surface area contributed by atoms with Crippen LogP contribution < -0.4 is 0 Å². The summed E-state index contributed by atoms with van der Waals surface area (Å²) >= 11 is 17.5. The number of aryl methyl sites for hydroxylation is 1. The van der Waals surface area contributed by atoms with Gasteiger partial charge < -0.3 is 0 Å². The number of hydrogen-bond acceptors (Lipinski definition) is 1. The third-order valence-electron chi connectivity index (χ3n) is 3.33. The summed E-state index contributed by atoms with van der Waals surface area (Å²) in [6, 6.07) is 13.8. The van der Waals surface area contributed by atoms with Crippen molar-refractivity contribution in [3.63, 3.8) is 0 Å². The van der Waals surface area contributed by atoms with Gasteiger partial charge in [-0.3, -0.25) is 10.2 Å². The Bertz CT molecular complexity index is 847. The Labute approximate surface area is 137 Å². The van der Waals surface area contributed by atoms with Gasteiger partial charge in [0.15, 0.2) is 0 Å². The lowest BCUT2D eigenvalue weighted by Gasteiger charge is -2.06. The molecule has 0 aliphatic heterocycles. The molecule has 0 bridgehead atoms. The van der Waals surface area contributed by atoms with E-state index >= 15 is 0 Å². The largest absolute Gasteiger partial charge is 0.299 e. The molecule has 0 atom stereocenters. The van der Waals surface area contributed by atoms with E-state index in [0.29, 0.717) is 14.7 Å². The maximum absolute atomic E-state index is 6.12. The number of rotatable bonds is 2. The molecule has 3 rings (SSSR count). The van der Waals surface area contributed by atoms with E-state index in [1.807, 2.05) is 12.1 Å². The minimum Gasteiger partial charge on any atom is -0.299 e. The van der Waals surface area contributed by atoms with Crippen LogP contribution in [0.4, 0.5) is 0 Å². The minimum atomic E-state index is 0.514. The number of nitrogens with one attached hydrogen (secondary N) is 2. The van der Waals surface area contributed by atoms with Gasteiger partial charge in [-0.15, -0.1) is 0 Å². The van der Waals surface area contributed by atoms with Gasteiger partial charge in [0.05, 0.1) is 15.7 Å². The second-order valence-electron chi connectivity index (χ2n) is 4.82. The Kier molecular flexibility index (Phi) is 3.89. The molecule has 0 saturated heterocycles. The van der Waals surface area contributed by atoms with Crippen LogP contribution in [0.5, 0.6) is 0 Å². The number of H-pyrrole nitrogens is 2. The summed E-state index contributed by atoms with van der Waals surface area (Å²) < 4.78 is 0.643. The second-order valence-corrected chi connectivity index (χ2v) is 6.05. The third kappa shape index (κ3) is 2.77. The lowest BCUT2D eigenvalue weighted by Crippen LogP contribution is -1.84.